The van der Waals surface area contributed by atoms with Crippen molar-refractivity contribution >= 4 is 119 Å². The lowest BCUT2D eigenvalue weighted by atomic mass is 9.30. The van der Waals surface area contributed by atoms with Crippen molar-refractivity contribution in [3.8, 4) is 34.5 Å². The Kier molecular flexibility index (Phi) is 9.42. The standard InChI is InChI=1S/C68H43B2N3O3/c1-6-20-46(21-7-1)71-59-32-18-16-30-55(59)69-57-42-58-64(43-61(57)73(48-24-10-3-11-25-48)67-53-36-34-51(74-49-26-12-4-13-27-49)38-44(53)40-62(71)65(67)69)76-68-54-37-35-52(75-50-28-14-5-15-29-50)39-45(54)41-63-66(68)70(58)56-31-17-19-33-60(56)72(63)47-22-8-2-9-23-47/h1-43H. The van der Waals surface area contributed by atoms with Crippen LogP contribution in [0.15, 0.2) is 261 Å². The number of benzene rings is 12. The molecule has 0 fully saturated rings. The van der Waals surface area contributed by atoms with E-state index < -0.39 is 0 Å². The van der Waals surface area contributed by atoms with Crippen molar-refractivity contribution in [1.82, 2.24) is 0 Å². The number of para-hydroxylation sites is 7. The van der Waals surface area contributed by atoms with Crippen LogP contribution in [0.3, 0.4) is 0 Å². The minimum Gasteiger partial charge on any atom is -0.458 e. The highest BCUT2D eigenvalue weighted by molar-refractivity contribution is 7.03. The van der Waals surface area contributed by atoms with E-state index in [1.807, 2.05) is 60.7 Å². The van der Waals surface area contributed by atoms with Gasteiger partial charge in [0.15, 0.2) is 0 Å². The van der Waals surface area contributed by atoms with Crippen molar-refractivity contribution in [3.63, 3.8) is 0 Å². The summed E-state index contributed by atoms with van der Waals surface area (Å²) in [6.07, 6.45) is 0. The Morgan fingerprint density at radius 3 is 1.30 bits per heavy atom. The molecule has 0 spiro atoms. The second kappa shape index (κ2) is 16.8. The molecule has 0 amide bonds. The van der Waals surface area contributed by atoms with Gasteiger partial charge in [-0.25, -0.2) is 0 Å². The number of fused-ring (bicyclic) bond motifs is 12. The van der Waals surface area contributed by atoms with Crippen LogP contribution >= 0.6 is 0 Å². The van der Waals surface area contributed by atoms with Crippen LogP contribution in [-0.4, -0.2) is 13.4 Å². The van der Waals surface area contributed by atoms with Crippen molar-refractivity contribution in [2.24, 2.45) is 0 Å². The van der Waals surface area contributed by atoms with Crippen LogP contribution in [0.5, 0.6) is 34.5 Å². The van der Waals surface area contributed by atoms with Crippen molar-refractivity contribution < 1.29 is 14.2 Å². The maximum atomic E-state index is 7.63. The first-order valence-electron chi connectivity index (χ1n) is 26.0. The molecule has 12 aromatic carbocycles. The Morgan fingerprint density at radius 2 is 0.750 bits per heavy atom. The quantitative estimate of drug-likeness (QED) is 0.148. The third-order valence-electron chi connectivity index (χ3n) is 15.7. The van der Waals surface area contributed by atoms with Crippen molar-refractivity contribution in [1.29, 1.82) is 0 Å². The van der Waals surface area contributed by atoms with E-state index in [1.54, 1.807) is 0 Å². The van der Waals surface area contributed by atoms with E-state index in [4.69, 9.17) is 14.2 Å². The highest BCUT2D eigenvalue weighted by Crippen LogP contribution is 2.50. The molecule has 8 heteroatoms. The molecule has 0 N–H and O–H groups in total. The molecule has 16 rings (SSSR count). The Labute approximate surface area is 441 Å². The van der Waals surface area contributed by atoms with Gasteiger partial charge in [0.05, 0.1) is 5.69 Å². The van der Waals surface area contributed by atoms with Gasteiger partial charge in [-0.3, -0.25) is 0 Å². The number of ether oxygens (including phenoxy) is 3. The molecule has 76 heavy (non-hydrogen) atoms. The Bertz CT molecular complexity index is 4300. The fraction of sp³-hybridized carbons (Fsp3) is 0. The van der Waals surface area contributed by atoms with Crippen LogP contribution in [0.2, 0.25) is 0 Å². The monoisotopic (exact) mass is 971 g/mol. The molecule has 0 aromatic heterocycles. The first-order valence-corrected chi connectivity index (χ1v) is 26.0. The molecule has 0 atom stereocenters. The molecule has 0 saturated heterocycles. The minimum atomic E-state index is -0.148. The average molecular weight is 972 g/mol. The van der Waals surface area contributed by atoms with Crippen molar-refractivity contribution in [2.45, 2.75) is 0 Å². The molecule has 354 valence electrons. The van der Waals surface area contributed by atoms with Gasteiger partial charge >= 0.3 is 0 Å². The topological polar surface area (TPSA) is 37.4 Å². The van der Waals surface area contributed by atoms with E-state index in [-0.39, 0.29) is 13.4 Å². The predicted octanol–water partition coefficient (Wildman–Crippen LogP) is 14.1. The van der Waals surface area contributed by atoms with E-state index in [9.17, 15) is 0 Å². The highest BCUT2D eigenvalue weighted by Gasteiger charge is 2.48. The number of anilines is 9. The second-order valence-electron chi connectivity index (χ2n) is 19.9. The van der Waals surface area contributed by atoms with Gasteiger partial charge in [0.2, 0.25) is 0 Å². The van der Waals surface area contributed by atoms with Crippen LogP contribution in [0.1, 0.15) is 0 Å². The summed E-state index contributed by atoms with van der Waals surface area (Å²) >= 11 is 0. The molecule has 6 nitrogen and oxygen atoms in total. The summed E-state index contributed by atoms with van der Waals surface area (Å²) in [5.74, 6) is 4.81. The molecule has 0 radical (unpaired) electrons. The second-order valence-corrected chi connectivity index (χ2v) is 19.9. The Morgan fingerprint density at radius 1 is 0.303 bits per heavy atom. The first kappa shape index (κ1) is 42.6. The van der Waals surface area contributed by atoms with Gasteiger partial charge < -0.3 is 28.9 Å². The fourth-order valence-electron chi connectivity index (χ4n) is 12.6. The molecule has 0 aliphatic carbocycles. The SMILES string of the molecule is c1ccc(Oc2ccc3c4c5c(cc3c2)N(c2ccccc2)c2ccccc2B5c2cc3c(cc2O4)N(c2ccccc2)c2c4c(cc5cc(Oc6ccccc6)ccc25)N(c2ccccc2)c2ccccc2B34)cc1. The number of rotatable bonds is 7. The number of nitrogens with zero attached hydrogens (tertiary/aromatic N) is 3. The highest BCUT2D eigenvalue weighted by atomic mass is 16.5. The normalized spacial score (nSPS) is 13.2. The zero-order valence-electron chi connectivity index (χ0n) is 41.0. The van der Waals surface area contributed by atoms with Crippen LogP contribution in [0.25, 0.3) is 21.5 Å². The molecule has 4 aliphatic heterocycles. The van der Waals surface area contributed by atoms with Gasteiger partial charge in [-0.2, -0.15) is 0 Å². The van der Waals surface area contributed by atoms with Gasteiger partial charge in [0.1, 0.15) is 34.5 Å². The smallest absolute Gasteiger partial charge is 0.256 e. The van der Waals surface area contributed by atoms with E-state index in [2.05, 4.69) is 215 Å². The van der Waals surface area contributed by atoms with Crippen LogP contribution in [0.4, 0.5) is 51.2 Å². The van der Waals surface area contributed by atoms with Crippen LogP contribution < -0.4 is 61.7 Å². The van der Waals surface area contributed by atoms with Crippen molar-refractivity contribution in [2.75, 3.05) is 14.7 Å². The Balaban J connectivity index is 0.975. The fourth-order valence-corrected chi connectivity index (χ4v) is 12.6. The molecular weight excluding hydrogens is 928 g/mol. The van der Waals surface area contributed by atoms with Crippen LogP contribution in [-0.2, 0) is 0 Å². The number of hydrogen-bond acceptors (Lipinski definition) is 6. The summed E-state index contributed by atoms with van der Waals surface area (Å²) in [7, 11) is 0. The zero-order chi connectivity index (χ0) is 49.8. The van der Waals surface area contributed by atoms with Gasteiger partial charge in [0.25, 0.3) is 13.4 Å². The lowest BCUT2D eigenvalue weighted by Crippen LogP contribution is -2.64. The van der Waals surface area contributed by atoms with E-state index in [0.717, 1.165) is 118 Å². The maximum absolute atomic E-state index is 7.63. The first-order chi connectivity index (χ1) is 37.7. The third-order valence-corrected chi connectivity index (χ3v) is 15.7. The van der Waals surface area contributed by atoms with Crippen molar-refractivity contribution in [3.05, 3.63) is 261 Å². The minimum absolute atomic E-state index is 0.133. The number of hydrogen-bond donors (Lipinski definition) is 0. The average Bonchev–Trinajstić information content (AvgIpc) is 3.50. The van der Waals surface area contributed by atoms with Gasteiger partial charge in [-0.05, 0) is 165 Å². The van der Waals surface area contributed by atoms with E-state index in [0.29, 0.717) is 0 Å². The summed E-state index contributed by atoms with van der Waals surface area (Å²) in [6.45, 7) is -0.281. The third kappa shape index (κ3) is 6.50. The molecule has 0 bridgehead atoms. The summed E-state index contributed by atoms with van der Waals surface area (Å²) in [4.78, 5) is 7.37. The summed E-state index contributed by atoms with van der Waals surface area (Å²) in [5.41, 5.74) is 17.2. The molecule has 4 aliphatic rings. The van der Waals surface area contributed by atoms with E-state index in [1.165, 1.54) is 21.9 Å². The lowest BCUT2D eigenvalue weighted by molar-refractivity contribution is 0.482. The summed E-state index contributed by atoms with van der Waals surface area (Å²) in [5, 5.41) is 4.25. The summed E-state index contributed by atoms with van der Waals surface area (Å²) < 4.78 is 20.7. The van der Waals surface area contributed by atoms with Gasteiger partial charge in [-0.1, -0.05) is 133 Å². The maximum Gasteiger partial charge on any atom is 0.256 e. The molecule has 0 saturated carbocycles. The molecular formula is C68H43B2N3O3. The molecule has 12 aromatic rings. The summed E-state index contributed by atoms with van der Waals surface area (Å²) in [6, 6.07) is 92.8. The lowest BCUT2D eigenvalue weighted by Gasteiger charge is -2.46. The molecule has 4 heterocycles. The molecule has 0 unspecified atom stereocenters. The van der Waals surface area contributed by atoms with E-state index >= 15 is 0 Å². The predicted molar refractivity (Wildman–Crippen MR) is 314 cm³/mol. The van der Waals surface area contributed by atoms with Gasteiger partial charge in [-0.15, -0.1) is 0 Å². The van der Waals surface area contributed by atoms with Gasteiger partial charge in [0, 0.05) is 62.3 Å². The zero-order valence-corrected chi connectivity index (χ0v) is 41.0. The van der Waals surface area contributed by atoms with Crippen LogP contribution in [0, 0.1) is 0 Å². The Hall–Kier alpha value is -9.91. The largest absolute Gasteiger partial charge is 0.458 e.